The van der Waals surface area contributed by atoms with Crippen molar-refractivity contribution >= 4 is 23.6 Å². The fourth-order valence-electron chi connectivity index (χ4n) is 4.33. The molecule has 2 aromatic carbocycles. The zero-order valence-corrected chi connectivity index (χ0v) is 21.2. The van der Waals surface area contributed by atoms with Crippen molar-refractivity contribution in [3.05, 3.63) is 65.7 Å². The van der Waals surface area contributed by atoms with Gasteiger partial charge in [0.15, 0.2) is 0 Å². The van der Waals surface area contributed by atoms with E-state index in [4.69, 9.17) is 4.74 Å². The van der Waals surface area contributed by atoms with Crippen LogP contribution in [0.15, 0.2) is 54.6 Å². The average Bonchev–Trinajstić information content (AvgIpc) is 3.73. The van der Waals surface area contributed by atoms with Crippen molar-refractivity contribution in [2.45, 2.75) is 50.7 Å². The number of rotatable bonds is 5. The number of fused-ring (bicyclic) bond motifs is 1. The van der Waals surface area contributed by atoms with E-state index in [-0.39, 0.29) is 30.5 Å². The highest BCUT2D eigenvalue weighted by molar-refractivity contribution is 6.01. The molecule has 1 saturated carbocycles. The van der Waals surface area contributed by atoms with Crippen LogP contribution in [0.3, 0.4) is 0 Å². The minimum absolute atomic E-state index is 0.132. The molecule has 0 unspecified atom stereocenters. The van der Waals surface area contributed by atoms with Gasteiger partial charge in [0.05, 0.1) is 18.0 Å². The molecule has 0 saturated heterocycles. The van der Waals surface area contributed by atoms with Crippen molar-refractivity contribution in [2.75, 3.05) is 20.2 Å². The summed E-state index contributed by atoms with van der Waals surface area (Å²) < 4.78 is 6.10. The first-order chi connectivity index (χ1) is 17.8. The zero-order valence-electron chi connectivity index (χ0n) is 21.2. The molecule has 3 atom stereocenters. The number of nitrogens with one attached hydrogen (secondary N) is 3. The summed E-state index contributed by atoms with van der Waals surface area (Å²) >= 11 is 0. The molecular weight excluding hydrogens is 472 g/mol. The molecular formula is C28H34N4O5. The summed E-state index contributed by atoms with van der Waals surface area (Å²) in [6.45, 7) is 2.25. The molecule has 2 aromatic rings. The Morgan fingerprint density at radius 3 is 2.46 bits per heavy atom. The SMILES string of the molecule is C[C@@H]1NC(=O)C[C@@H](C(=O)NCC2CC2)NC(=O)c2ccccc2OC[C@H](Cc2ccccc2)N(C)C1=O. The second-order valence-corrected chi connectivity index (χ2v) is 9.81. The number of hydrogen-bond donors (Lipinski definition) is 3. The van der Waals surface area contributed by atoms with Gasteiger partial charge in [-0.2, -0.15) is 0 Å². The van der Waals surface area contributed by atoms with Gasteiger partial charge in [0, 0.05) is 13.6 Å². The predicted molar refractivity (Wildman–Crippen MR) is 138 cm³/mol. The van der Waals surface area contributed by atoms with E-state index in [1.807, 2.05) is 30.3 Å². The van der Waals surface area contributed by atoms with Crippen molar-refractivity contribution in [3.63, 3.8) is 0 Å². The number of amides is 4. The van der Waals surface area contributed by atoms with Crippen LogP contribution in [0.5, 0.6) is 5.75 Å². The van der Waals surface area contributed by atoms with Crippen molar-refractivity contribution in [3.8, 4) is 5.75 Å². The fourth-order valence-corrected chi connectivity index (χ4v) is 4.33. The van der Waals surface area contributed by atoms with Gasteiger partial charge in [0.25, 0.3) is 5.91 Å². The molecule has 3 N–H and O–H groups in total. The molecule has 9 heteroatoms. The summed E-state index contributed by atoms with van der Waals surface area (Å²) in [6, 6.07) is 14.2. The van der Waals surface area contributed by atoms with E-state index in [1.54, 1.807) is 43.1 Å². The molecule has 2 aliphatic rings. The lowest BCUT2D eigenvalue weighted by atomic mass is 10.0. The molecule has 0 aromatic heterocycles. The number of nitrogens with zero attached hydrogens (tertiary/aromatic N) is 1. The Labute approximate surface area is 216 Å². The largest absolute Gasteiger partial charge is 0.491 e. The average molecular weight is 507 g/mol. The molecule has 9 nitrogen and oxygen atoms in total. The molecule has 1 fully saturated rings. The van der Waals surface area contributed by atoms with Gasteiger partial charge < -0.3 is 25.6 Å². The van der Waals surface area contributed by atoms with Gasteiger partial charge >= 0.3 is 0 Å². The van der Waals surface area contributed by atoms with Gasteiger partial charge in [0.1, 0.15) is 24.4 Å². The fraction of sp³-hybridized carbons (Fsp3) is 0.429. The first kappa shape index (κ1) is 26.2. The quantitative estimate of drug-likeness (QED) is 0.571. The normalized spacial score (nSPS) is 23.1. The molecule has 0 bridgehead atoms. The Morgan fingerprint density at radius 1 is 1.03 bits per heavy atom. The first-order valence-corrected chi connectivity index (χ1v) is 12.7. The molecule has 0 radical (unpaired) electrons. The highest BCUT2D eigenvalue weighted by Crippen LogP contribution is 2.27. The predicted octanol–water partition coefficient (Wildman–Crippen LogP) is 1.67. The van der Waals surface area contributed by atoms with E-state index in [0.29, 0.717) is 24.6 Å². The zero-order chi connectivity index (χ0) is 26.4. The van der Waals surface area contributed by atoms with E-state index in [9.17, 15) is 19.2 Å². The van der Waals surface area contributed by atoms with Crippen molar-refractivity contribution in [1.29, 1.82) is 0 Å². The van der Waals surface area contributed by atoms with Gasteiger partial charge in [-0.25, -0.2) is 0 Å². The van der Waals surface area contributed by atoms with Crippen molar-refractivity contribution in [1.82, 2.24) is 20.9 Å². The molecule has 37 heavy (non-hydrogen) atoms. The molecule has 0 spiro atoms. The maximum absolute atomic E-state index is 13.3. The van der Waals surface area contributed by atoms with Crippen LogP contribution in [0.4, 0.5) is 0 Å². The lowest BCUT2D eigenvalue weighted by Gasteiger charge is -2.31. The summed E-state index contributed by atoms with van der Waals surface area (Å²) in [7, 11) is 1.68. The molecule has 4 rings (SSSR count). The summed E-state index contributed by atoms with van der Waals surface area (Å²) in [5.74, 6) is -0.933. The summed E-state index contributed by atoms with van der Waals surface area (Å²) in [5.41, 5.74) is 1.28. The van der Waals surface area contributed by atoms with Crippen LogP contribution in [-0.2, 0) is 20.8 Å². The van der Waals surface area contributed by atoms with Crippen LogP contribution in [0.25, 0.3) is 0 Å². The third kappa shape index (κ3) is 7.09. The third-order valence-corrected chi connectivity index (χ3v) is 6.79. The van der Waals surface area contributed by atoms with Gasteiger partial charge in [0.2, 0.25) is 17.7 Å². The number of carbonyl (C=O) groups is 4. The molecule has 196 valence electrons. The van der Waals surface area contributed by atoms with Crippen LogP contribution in [0.1, 0.15) is 42.1 Å². The number of benzene rings is 2. The summed E-state index contributed by atoms with van der Waals surface area (Å²) in [4.78, 5) is 53.8. The molecule has 1 aliphatic carbocycles. The maximum atomic E-state index is 13.3. The number of ether oxygens (including phenoxy) is 1. The Balaban J connectivity index is 1.61. The number of carbonyl (C=O) groups excluding carboxylic acids is 4. The lowest BCUT2D eigenvalue weighted by Crippen LogP contribution is -2.54. The van der Waals surface area contributed by atoms with Gasteiger partial charge in [-0.05, 0) is 49.8 Å². The van der Waals surface area contributed by atoms with E-state index >= 15 is 0 Å². The Morgan fingerprint density at radius 2 is 1.73 bits per heavy atom. The monoisotopic (exact) mass is 506 g/mol. The van der Waals surface area contributed by atoms with Crippen LogP contribution in [0.2, 0.25) is 0 Å². The second kappa shape index (κ2) is 11.9. The molecule has 1 heterocycles. The molecule has 1 aliphatic heterocycles. The maximum Gasteiger partial charge on any atom is 0.255 e. The minimum Gasteiger partial charge on any atom is -0.491 e. The van der Waals surface area contributed by atoms with Crippen LogP contribution in [-0.4, -0.2) is 66.9 Å². The Bertz CT molecular complexity index is 1130. The second-order valence-electron chi connectivity index (χ2n) is 9.81. The standard InChI is InChI=1S/C28H34N4O5/c1-18-28(36)32(2)21(14-19-8-4-3-5-9-19)17-37-24-11-7-6-10-22(24)26(34)31-23(15-25(33)30-18)27(35)29-16-20-12-13-20/h3-11,18,20-21,23H,12-17H2,1-2H3,(H,29,35)(H,30,33)(H,31,34)/t18-,21-,23-/m0/s1. The third-order valence-electron chi connectivity index (χ3n) is 6.79. The smallest absolute Gasteiger partial charge is 0.255 e. The van der Waals surface area contributed by atoms with Crippen LogP contribution >= 0.6 is 0 Å². The van der Waals surface area contributed by atoms with E-state index in [2.05, 4.69) is 16.0 Å². The van der Waals surface area contributed by atoms with E-state index in [0.717, 1.165) is 18.4 Å². The number of hydrogen-bond acceptors (Lipinski definition) is 5. The molecule has 4 amide bonds. The van der Waals surface area contributed by atoms with E-state index < -0.39 is 29.8 Å². The lowest BCUT2D eigenvalue weighted by molar-refractivity contribution is -0.137. The number of para-hydroxylation sites is 1. The minimum atomic E-state index is -1.09. The number of likely N-dealkylation sites (N-methyl/N-ethyl adjacent to an activating group) is 1. The van der Waals surface area contributed by atoms with Gasteiger partial charge in [-0.3, -0.25) is 19.2 Å². The first-order valence-electron chi connectivity index (χ1n) is 12.7. The van der Waals surface area contributed by atoms with Crippen LogP contribution in [0, 0.1) is 5.92 Å². The Kier molecular flexibility index (Phi) is 8.43. The van der Waals surface area contributed by atoms with E-state index in [1.165, 1.54) is 0 Å². The Hall–Kier alpha value is -3.88. The van der Waals surface area contributed by atoms with Crippen LogP contribution < -0.4 is 20.7 Å². The van der Waals surface area contributed by atoms with Crippen molar-refractivity contribution in [2.24, 2.45) is 5.92 Å². The van der Waals surface area contributed by atoms with Gasteiger partial charge in [-0.1, -0.05) is 42.5 Å². The highest BCUT2D eigenvalue weighted by atomic mass is 16.5. The summed E-state index contributed by atoms with van der Waals surface area (Å²) in [5, 5.41) is 8.22. The topological polar surface area (TPSA) is 117 Å². The summed E-state index contributed by atoms with van der Waals surface area (Å²) in [6.07, 6.45) is 2.35. The van der Waals surface area contributed by atoms with Gasteiger partial charge in [-0.15, -0.1) is 0 Å². The van der Waals surface area contributed by atoms with Crippen molar-refractivity contribution < 1.29 is 23.9 Å². The highest BCUT2D eigenvalue weighted by Gasteiger charge is 2.31.